The van der Waals surface area contributed by atoms with Crippen LogP contribution in [0, 0.1) is 0 Å². The van der Waals surface area contributed by atoms with Gasteiger partial charge in [0, 0.05) is 64.6 Å². The molecule has 2 heterocycles. The molecule has 0 aliphatic heterocycles. The number of fused-ring (bicyclic) bond motifs is 18. The van der Waals surface area contributed by atoms with Crippen LogP contribution in [0.25, 0.3) is 162 Å². The Kier molecular flexibility index (Phi) is 6.50. The molecule has 0 saturated heterocycles. The van der Waals surface area contributed by atoms with Crippen LogP contribution in [0.4, 0.5) is 0 Å². The highest BCUT2D eigenvalue weighted by atomic mass is 16.1. The number of hydrogen-bond acceptors (Lipinski definition) is 8. The Hall–Kier alpha value is -9.80. The molecule has 2 aromatic heterocycles. The molecule has 0 aliphatic rings. The van der Waals surface area contributed by atoms with Gasteiger partial charge in [-0.05, 0) is 79.5 Å². The summed E-state index contributed by atoms with van der Waals surface area (Å²) in [6.07, 6.45) is 0. The van der Waals surface area contributed by atoms with Gasteiger partial charge in [0.05, 0.1) is 54.4 Å². The Bertz CT molecular complexity index is 5430. The molecule has 16 rings (SSSR count). The van der Waals surface area contributed by atoms with E-state index in [1.54, 1.807) is 84.9 Å². The number of aromatic amines is 2. The van der Waals surface area contributed by atoms with Crippen LogP contribution < -0.4 is 43.4 Å². The van der Waals surface area contributed by atoms with Gasteiger partial charge in [0.1, 0.15) is 0 Å². The number of rotatable bonds is 0. The van der Waals surface area contributed by atoms with Gasteiger partial charge in [-0.25, -0.2) is 0 Å². The zero-order valence-corrected chi connectivity index (χ0v) is 36.0. The van der Waals surface area contributed by atoms with Crippen LogP contribution in [0.15, 0.2) is 172 Å². The van der Waals surface area contributed by atoms with Gasteiger partial charge in [-0.3, -0.25) is 38.4 Å². The average molecular weight is 901 g/mol. The minimum Gasteiger partial charge on any atom is -0.353 e. The van der Waals surface area contributed by atoms with Crippen molar-refractivity contribution in [3.63, 3.8) is 0 Å². The lowest BCUT2D eigenvalue weighted by Gasteiger charge is -2.22. The molecule has 0 spiro atoms. The van der Waals surface area contributed by atoms with E-state index < -0.39 is 21.7 Å². The highest BCUT2D eigenvalue weighted by molar-refractivity contribution is 6.48. The van der Waals surface area contributed by atoms with Crippen molar-refractivity contribution >= 4 is 162 Å². The van der Waals surface area contributed by atoms with E-state index in [9.17, 15) is 19.2 Å². The molecule has 0 radical (unpaired) electrons. The van der Waals surface area contributed by atoms with E-state index in [0.717, 1.165) is 0 Å². The van der Waals surface area contributed by atoms with Crippen LogP contribution in [0.1, 0.15) is 0 Å². The third-order valence-corrected chi connectivity index (χ3v) is 15.5. The molecule has 0 bridgehead atoms. The first-order chi connectivity index (χ1) is 34.1. The summed E-state index contributed by atoms with van der Waals surface area (Å²) in [7, 11) is 0. The van der Waals surface area contributed by atoms with Gasteiger partial charge in [0.2, 0.25) is 0 Å². The van der Waals surface area contributed by atoms with Gasteiger partial charge in [0.15, 0.2) is 43.4 Å². The molecule has 0 unspecified atom stereocenters. The maximum absolute atomic E-state index is 15.6. The lowest BCUT2D eigenvalue weighted by molar-refractivity contribution is 1.51. The fourth-order valence-corrected chi connectivity index (χ4v) is 12.6. The predicted molar refractivity (Wildman–Crippen MR) is 284 cm³/mol. The van der Waals surface area contributed by atoms with E-state index in [1.807, 2.05) is 36.4 Å². The summed E-state index contributed by atoms with van der Waals surface area (Å²) in [4.78, 5) is 126. The molecule has 70 heavy (non-hydrogen) atoms. The van der Waals surface area contributed by atoms with Crippen LogP contribution in [0.2, 0.25) is 0 Å². The summed E-state index contributed by atoms with van der Waals surface area (Å²) in [6.45, 7) is 0. The van der Waals surface area contributed by atoms with Crippen molar-refractivity contribution in [3.8, 4) is 0 Å². The van der Waals surface area contributed by atoms with Crippen molar-refractivity contribution < 1.29 is 0 Å². The lowest BCUT2D eigenvalue weighted by Crippen LogP contribution is -2.17. The molecule has 14 aromatic carbocycles. The zero-order valence-electron chi connectivity index (χ0n) is 36.0. The molecule has 0 aliphatic carbocycles. The predicted octanol–water partition coefficient (Wildman–Crippen LogP) is 9.71. The molecule has 2 N–H and O–H groups in total. The Morgan fingerprint density at radius 2 is 0.443 bits per heavy atom. The van der Waals surface area contributed by atoms with Crippen LogP contribution in [0.3, 0.4) is 0 Å². The minimum absolute atomic E-state index is 0.0444. The molecule has 0 fully saturated rings. The maximum atomic E-state index is 15.6. The quantitative estimate of drug-likeness (QED) is 0.112. The van der Waals surface area contributed by atoms with Gasteiger partial charge in [-0.15, -0.1) is 0 Å². The monoisotopic (exact) mass is 900 g/mol. The van der Waals surface area contributed by atoms with E-state index in [-0.39, 0.29) is 119 Å². The molecule has 10 nitrogen and oxygen atoms in total. The van der Waals surface area contributed by atoms with Crippen molar-refractivity contribution in [1.29, 1.82) is 0 Å². The number of benzene rings is 14. The fourth-order valence-electron chi connectivity index (χ4n) is 12.6. The SMILES string of the molecule is O=c1c2ccccc2c(=O)c2c1ccc1c(=O)c3c4cc5c6ccccc6c(=O)c6c7[nH]c8c(ccc9c(=O)c%10ccccc%10c(=O)c98)c(=O)c7c7cc8c9ccccc9c(=O)c(c3[nH]c12)c8c4c7c56. The van der Waals surface area contributed by atoms with Gasteiger partial charge in [-0.1, -0.05) is 97.1 Å². The summed E-state index contributed by atoms with van der Waals surface area (Å²) >= 11 is 0. The molecule has 0 atom stereocenters. The van der Waals surface area contributed by atoms with Crippen LogP contribution in [-0.4, -0.2) is 9.97 Å². The highest BCUT2D eigenvalue weighted by Crippen LogP contribution is 2.50. The van der Waals surface area contributed by atoms with Crippen molar-refractivity contribution in [3.05, 3.63) is 215 Å². The first kappa shape index (κ1) is 37.3. The van der Waals surface area contributed by atoms with E-state index in [2.05, 4.69) is 9.97 Å². The Morgan fingerprint density at radius 1 is 0.186 bits per heavy atom. The number of nitrogens with one attached hydrogen (secondary N) is 2. The second-order valence-electron chi connectivity index (χ2n) is 18.6. The van der Waals surface area contributed by atoms with Crippen LogP contribution in [0.5, 0.6) is 0 Å². The van der Waals surface area contributed by atoms with Gasteiger partial charge < -0.3 is 9.97 Å². The average Bonchev–Trinajstić information content (AvgIpc) is 3.39. The van der Waals surface area contributed by atoms with E-state index in [4.69, 9.17) is 0 Å². The highest BCUT2D eigenvalue weighted by Gasteiger charge is 2.30. The van der Waals surface area contributed by atoms with Crippen molar-refractivity contribution in [2.75, 3.05) is 0 Å². The molecule has 322 valence electrons. The third kappa shape index (κ3) is 4.07. The Labute approximate surface area is 385 Å². The van der Waals surface area contributed by atoms with Crippen molar-refractivity contribution in [2.45, 2.75) is 0 Å². The Morgan fingerprint density at radius 3 is 0.814 bits per heavy atom. The van der Waals surface area contributed by atoms with Gasteiger partial charge in [-0.2, -0.15) is 0 Å². The van der Waals surface area contributed by atoms with Crippen molar-refractivity contribution in [2.24, 2.45) is 0 Å². The minimum atomic E-state index is -0.486. The Balaban J connectivity index is 1.23. The van der Waals surface area contributed by atoms with Crippen molar-refractivity contribution in [1.82, 2.24) is 9.97 Å². The number of H-pyrrole nitrogens is 2. The number of pyridine rings is 2. The van der Waals surface area contributed by atoms with E-state index in [1.165, 1.54) is 12.1 Å². The summed E-state index contributed by atoms with van der Waals surface area (Å²) in [6, 6.07) is 37.2. The molecular formula is C60H24N2O8. The number of aromatic nitrogens is 2. The van der Waals surface area contributed by atoms with Crippen LogP contribution in [-0.2, 0) is 0 Å². The van der Waals surface area contributed by atoms with E-state index in [0.29, 0.717) is 64.6 Å². The van der Waals surface area contributed by atoms with Gasteiger partial charge in [0.25, 0.3) is 0 Å². The topological polar surface area (TPSA) is 168 Å². The second kappa shape index (κ2) is 12.2. The third-order valence-electron chi connectivity index (χ3n) is 15.5. The fraction of sp³-hybridized carbons (Fsp3) is 0. The van der Waals surface area contributed by atoms with Crippen LogP contribution >= 0.6 is 0 Å². The largest absolute Gasteiger partial charge is 0.353 e. The van der Waals surface area contributed by atoms with Gasteiger partial charge >= 0.3 is 0 Å². The maximum Gasteiger partial charge on any atom is 0.197 e. The lowest BCUT2D eigenvalue weighted by atomic mass is 9.81. The number of hydrogen-bond donors (Lipinski definition) is 2. The van der Waals surface area contributed by atoms with E-state index >= 15 is 19.2 Å². The zero-order chi connectivity index (χ0) is 46.9. The second-order valence-corrected chi connectivity index (χ2v) is 18.6. The molecule has 10 heteroatoms. The first-order valence-electron chi connectivity index (χ1n) is 22.7. The molecular weight excluding hydrogens is 877 g/mol. The summed E-state index contributed by atoms with van der Waals surface area (Å²) in [5.41, 5.74) is -2.69. The summed E-state index contributed by atoms with van der Waals surface area (Å²) in [5.74, 6) is 0. The molecule has 16 aromatic rings. The smallest absolute Gasteiger partial charge is 0.197 e. The normalized spacial score (nSPS) is 12.7. The summed E-state index contributed by atoms with van der Waals surface area (Å²) in [5, 5.41) is 8.16. The summed E-state index contributed by atoms with van der Waals surface area (Å²) < 4.78 is 0. The molecule has 0 saturated carbocycles. The first-order valence-corrected chi connectivity index (χ1v) is 22.7. The standard InChI is InChI=1S/C60H24N2O8/c63-53-27-13-5-7-15-29(27)55(65)43-31(53)18-20-34-49(43)61-51-46(60(34)70)38-22-36-24-10-2-4-12-26(24)58(68)48-40(36)42-37(21-35-23-9-1-3-11-25(23)57(67)47(51)39(35)41(38)42)45-52(48)62-50-33(59(45)69)19-17-32-44(50)56(66)30-16-8-6-14-28(30)54(32)64/h1-22H,(H,61,70)(H,62,69). The molecule has 0 amide bonds.